The van der Waals surface area contributed by atoms with Crippen molar-refractivity contribution >= 4 is 40.2 Å². The van der Waals surface area contributed by atoms with Crippen LogP contribution in [-0.2, 0) is 4.79 Å². The number of likely N-dealkylation sites (tertiary alicyclic amines) is 1. The summed E-state index contributed by atoms with van der Waals surface area (Å²) in [5, 5.41) is 3.60. The van der Waals surface area contributed by atoms with Gasteiger partial charge in [-0.1, -0.05) is 26.5 Å². The Morgan fingerprint density at radius 1 is 1.14 bits per heavy atom. The molecule has 2 saturated heterocycles. The zero-order valence-corrected chi connectivity index (χ0v) is 25.3. The number of carbonyl (C=O) groups is 1. The summed E-state index contributed by atoms with van der Waals surface area (Å²) in [6, 6.07) is 7.74. The lowest BCUT2D eigenvalue weighted by Crippen LogP contribution is -2.73. The molecule has 226 valence electrons. The molecule has 3 aliphatic rings. The summed E-state index contributed by atoms with van der Waals surface area (Å²) in [6.45, 7) is 10.4. The number of amides is 1. The van der Waals surface area contributed by atoms with E-state index in [9.17, 15) is 9.59 Å². The van der Waals surface area contributed by atoms with Crippen molar-refractivity contribution in [3.05, 3.63) is 77.0 Å². The van der Waals surface area contributed by atoms with Crippen molar-refractivity contribution < 1.29 is 13.6 Å². The van der Waals surface area contributed by atoms with E-state index < -0.39 is 17.3 Å². The molecule has 1 N–H and O–H groups in total. The first-order chi connectivity index (χ1) is 21.2. The number of benzene rings is 1. The van der Waals surface area contributed by atoms with E-state index in [-0.39, 0.29) is 34.1 Å². The second kappa shape index (κ2) is 10.7. The minimum Gasteiger partial charge on any atom is -0.384 e. The van der Waals surface area contributed by atoms with Crippen molar-refractivity contribution in [3.63, 3.8) is 0 Å². The van der Waals surface area contributed by atoms with E-state index in [1.54, 1.807) is 35.0 Å². The zero-order chi connectivity index (χ0) is 30.7. The standard InChI is InChI=1S/C32H31F2N7O2S/c1-4-24(42)39-14-32(15-39)16-40(17-32)29-19-13-21(34)27-25-20(33)7-5-8-22(25)35-10-6-12-44-23-9-11-36-26(18(2)3)28(23)41(30(19)37-27)31(43)38-29/h4-5,7-9,11,13,18,35H,1,6,10,12,14-17H2,2-3H3. The van der Waals surface area contributed by atoms with Gasteiger partial charge in [-0.2, -0.15) is 4.98 Å². The molecular weight excluding hydrogens is 584 g/mol. The Balaban J connectivity index is 1.46. The van der Waals surface area contributed by atoms with Crippen molar-refractivity contribution in [2.24, 2.45) is 5.41 Å². The molecule has 0 radical (unpaired) electrons. The highest BCUT2D eigenvalue weighted by Crippen LogP contribution is 2.44. The van der Waals surface area contributed by atoms with Crippen LogP contribution in [0.2, 0.25) is 0 Å². The molecule has 0 aliphatic carbocycles. The maximum Gasteiger partial charge on any atom is 0.355 e. The van der Waals surface area contributed by atoms with Crippen LogP contribution in [0.1, 0.15) is 31.9 Å². The number of nitrogens with one attached hydrogen (secondary N) is 1. The number of hydrogen-bond acceptors (Lipinski definition) is 8. The van der Waals surface area contributed by atoms with Crippen LogP contribution in [0.25, 0.3) is 28.0 Å². The van der Waals surface area contributed by atoms with Gasteiger partial charge in [-0.05, 0) is 48.4 Å². The van der Waals surface area contributed by atoms with Gasteiger partial charge in [0.05, 0.1) is 22.3 Å². The third-order valence-corrected chi connectivity index (χ3v) is 9.66. The van der Waals surface area contributed by atoms with E-state index in [1.807, 2.05) is 24.8 Å². The molecule has 0 atom stereocenters. The van der Waals surface area contributed by atoms with Crippen LogP contribution in [0, 0.1) is 17.0 Å². The lowest BCUT2D eigenvalue weighted by molar-refractivity contribution is -0.139. The van der Waals surface area contributed by atoms with Crippen molar-refractivity contribution in [1.82, 2.24) is 24.4 Å². The first kappa shape index (κ1) is 28.5. The number of halogens is 2. The van der Waals surface area contributed by atoms with Gasteiger partial charge >= 0.3 is 5.69 Å². The molecule has 2 bridgehead atoms. The quantitative estimate of drug-likeness (QED) is 0.323. The number of hydrogen-bond donors (Lipinski definition) is 1. The van der Waals surface area contributed by atoms with Gasteiger partial charge in [0.1, 0.15) is 17.3 Å². The number of carbonyl (C=O) groups excluding carboxylic acids is 1. The highest BCUT2D eigenvalue weighted by molar-refractivity contribution is 7.99. The average molecular weight is 616 g/mol. The Kier molecular flexibility index (Phi) is 6.91. The van der Waals surface area contributed by atoms with E-state index >= 15 is 8.78 Å². The Labute approximate surface area is 257 Å². The van der Waals surface area contributed by atoms with Crippen LogP contribution >= 0.6 is 11.8 Å². The lowest BCUT2D eigenvalue weighted by Gasteiger charge is -2.60. The number of aromatic nitrogens is 4. The zero-order valence-electron chi connectivity index (χ0n) is 24.4. The minimum absolute atomic E-state index is 0.0102. The fourth-order valence-corrected chi connectivity index (χ4v) is 7.49. The third-order valence-electron chi connectivity index (χ3n) is 8.52. The second-order valence-corrected chi connectivity index (χ2v) is 13.1. The molecule has 7 rings (SSSR count). The van der Waals surface area contributed by atoms with Crippen molar-refractivity contribution in [1.29, 1.82) is 0 Å². The van der Waals surface area contributed by atoms with E-state index in [0.29, 0.717) is 61.0 Å². The molecule has 6 heterocycles. The molecule has 1 amide bonds. The minimum atomic E-state index is -0.722. The Hall–Kier alpha value is -4.32. The molecule has 3 aliphatic heterocycles. The highest BCUT2D eigenvalue weighted by Gasteiger charge is 2.53. The summed E-state index contributed by atoms with van der Waals surface area (Å²) < 4.78 is 33.0. The van der Waals surface area contributed by atoms with Crippen LogP contribution in [0.15, 0.2) is 58.9 Å². The molecule has 9 nitrogen and oxygen atoms in total. The number of pyridine rings is 2. The summed E-state index contributed by atoms with van der Waals surface area (Å²) in [6.07, 6.45) is 3.77. The molecule has 4 aromatic rings. The smallest absolute Gasteiger partial charge is 0.355 e. The van der Waals surface area contributed by atoms with Crippen LogP contribution < -0.4 is 15.9 Å². The fourth-order valence-electron chi connectivity index (χ4n) is 6.49. The number of fused-ring (bicyclic) bond motifs is 5. The van der Waals surface area contributed by atoms with Gasteiger partial charge in [0, 0.05) is 54.9 Å². The van der Waals surface area contributed by atoms with Crippen molar-refractivity contribution in [2.45, 2.75) is 31.1 Å². The van der Waals surface area contributed by atoms with E-state index in [0.717, 1.165) is 17.1 Å². The van der Waals surface area contributed by atoms with Crippen molar-refractivity contribution in [3.8, 4) is 16.9 Å². The SMILES string of the molecule is C=CC(=O)N1CC2(C1)CN(c1nc(=O)n3c4nc(c(F)cc14)-c1c(F)cccc1NCCCSc1ccnc(C(C)C)c1-3)C2. The largest absolute Gasteiger partial charge is 0.384 e. The molecule has 0 saturated carbocycles. The molecule has 44 heavy (non-hydrogen) atoms. The Bertz CT molecular complexity index is 1900. The van der Waals surface area contributed by atoms with E-state index in [2.05, 4.69) is 21.9 Å². The Morgan fingerprint density at radius 3 is 2.68 bits per heavy atom. The van der Waals surface area contributed by atoms with E-state index in [1.165, 1.54) is 22.8 Å². The van der Waals surface area contributed by atoms with Crippen molar-refractivity contribution in [2.75, 3.05) is 48.7 Å². The first-order valence-electron chi connectivity index (χ1n) is 14.6. The van der Waals surface area contributed by atoms with Crippen LogP contribution in [0.4, 0.5) is 20.3 Å². The van der Waals surface area contributed by atoms with Crippen LogP contribution in [0.3, 0.4) is 0 Å². The van der Waals surface area contributed by atoms with Gasteiger partial charge < -0.3 is 15.1 Å². The van der Waals surface area contributed by atoms with Gasteiger partial charge in [-0.15, -0.1) is 11.8 Å². The lowest BCUT2D eigenvalue weighted by atomic mass is 9.72. The first-order valence-corrected chi connectivity index (χ1v) is 15.6. The molecule has 1 aromatic carbocycles. The van der Waals surface area contributed by atoms with Gasteiger partial charge in [-0.3, -0.25) is 9.78 Å². The van der Waals surface area contributed by atoms with Crippen LogP contribution in [0.5, 0.6) is 0 Å². The summed E-state index contributed by atoms with van der Waals surface area (Å²) >= 11 is 1.59. The van der Waals surface area contributed by atoms with Gasteiger partial charge in [-0.25, -0.2) is 23.1 Å². The number of nitrogens with zero attached hydrogens (tertiary/aromatic N) is 6. The fraction of sp³-hybridized carbons (Fsp3) is 0.344. The average Bonchev–Trinajstić information content (AvgIpc) is 2.96. The number of anilines is 2. The monoisotopic (exact) mass is 615 g/mol. The molecular formula is C32H31F2N7O2S. The number of thioether (sulfide) groups is 1. The third kappa shape index (κ3) is 4.54. The molecule has 12 heteroatoms. The van der Waals surface area contributed by atoms with Gasteiger partial charge in [0.15, 0.2) is 11.5 Å². The topological polar surface area (TPSA) is 96.3 Å². The summed E-state index contributed by atoms with van der Waals surface area (Å²) in [5.41, 5.74) is 0.983. The molecule has 3 aromatic heterocycles. The van der Waals surface area contributed by atoms with Crippen LogP contribution in [-0.4, -0.2) is 68.8 Å². The molecule has 0 unspecified atom stereocenters. The normalized spacial score (nSPS) is 17.1. The molecule has 2 fully saturated rings. The highest BCUT2D eigenvalue weighted by atomic mass is 32.2. The summed E-state index contributed by atoms with van der Waals surface area (Å²) in [7, 11) is 0. The number of rotatable bonds is 3. The molecule has 1 spiro atoms. The maximum atomic E-state index is 16.1. The van der Waals surface area contributed by atoms with Gasteiger partial charge in [0.25, 0.3) is 0 Å². The van der Waals surface area contributed by atoms with E-state index in [4.69, 9.17) is 4.98 Å². The predicted molar refractivity (Wildman–Crippen MR) is 168 cm³/mol. The predicted octanol–water partition coefficient (Wildman–Crippen LogP) is 4.99. The Morgan fingerprint density at radius 2 is 1.93 bits per heavy atom. The summed E-state index contributed by atoms with van der Waals surface area (Å²) in [4.78, 5) is 44.5. The summed E-state index contributed by atoms with van der Waals surface area (Å²) in [5.74, 6) is -0.463. The second-order valence-electron chi connectivity index (χ2n) is 12.0. The van der Waals surface area contributed by atoms with Gasteiger partial charge in [0.2, 0.25) is 5.91 Å². The maximum absolute atomic E-state index is 16.1.